The van der Waals surface area contributed by atoms with Crippen molar-refractivity contribution >= 4 is 11.6 Å². The number of rotatable bonds is 8. The molecule has 0 unspecified atom stereocenters. The highest BCUT2D eigenvalue weighted by atomic mass is 35.5. The molecule has 24 heavy (non-hydrogen) atoms. The first-order valence-corrected chi connectivity index (χ1v) is 8.48. The molecule has 0 aliphatic rings. The number of aromatic nitrogens is 3. The van der Waals surface area contributed by atoms with Crippen LogP contribution in [0.5, 0.6) is 5.75 Å². The van der Waals surface area contributed by atoms with Gasteiger partial charge < -0.3 is 4.74 Å². The minimum absolute atomic E-state index is 0.526. The third kappa shape index (κ3) is 5.10. The van der Waals surface area contributed by atoms with Crippen molar-refractivity contribution in [1.29, 1.82) is 0 Å². The van der Waals surface area contributed by atoms with E-state index in [4.69, 9.17) is 16.3 Å². The molecule has 1 aromatic heterocycles. The highest BCUT2D eigenvalue weighted by Gasteiger charge is 1.99. The molecule has 0 radical (unpaired) electrons. The van der Waals surface area contributed by atoms with Crippen LogP contribution in [0.25, 0.3) is 0 Å². The Hall–Kier alpha value is -2.33. The smallest absolute Gasteiger partial charge is 0.119 e. The number of hydrogen-bond donors (Lipinski definition) is 0. The predicted molar refractivity (Wildman–Crippen MR) is 95.2 cm³/mol. The van der Waals surface area contributed by atoms with Gasteiger partial charge >= 0.3 is 0 Å². The number of benzene rings is 2. The summed E-state index contributed by atoms with van der Waals surface area (Å²) in [4.78, 5) is 0. The van der Waals surface area contributed by atoms with Crippen LogP contribution in [0.15, 0.2) is 60.9 Å². The molecule has 3 rings (SSSR count). The standard InChI is InChI=1S/C19H20ClN3O/c20-18-6-3-5-17(14-18)15-24-19-9-7-16(8-10-19)4-1-2-12-23-13-11-21-22-23/h3,5-11,13-14H,1-2,4,12,15H2. The van der Waals surface area contributed by atoms with E-state index in [-0.39, 0.29) is 0 Å². The van der Waals surface area contributed by atoms with E-state index in [0.717, 1.165) is 42.1 Å². The quantitative estimate of drug-likeness (QED) is 0.565. The second-order valence-corrected chi connectivity index (χ2v) is 6.12. The van der Waals surface area contributed by atoms with Crippen molar-refractivity contribution in [2.24, 2.45) is 0 Å². The van der Waals surface area contributed by atoms with Crippen LogP contribution in [0.4, 0.5) is 0 Å². The van der Waals surface area contributed by atoms with Gasteiger partial charge in [0, 0.05) is 17.8 Å². The Morgan fingerprint density at radius 1 is 1.00 bits per heavy atom. The summed E-state index contributed by atoms with van der Waals surface area (Å²) in [5.74, 6) is 0.876. The molecule has 0 atom stereocenters. The highest BCUT2D eigenvalue weighted by molar-refractivity contribution is 6.30. The van der Waals surface area contributed by atoms with Gasteiger partial charge in [-0.05, 0) is 54.7 Å². The summed E-state index contributed by atoms with van der Waals surface area (Å²) >= 11 is 5.98. The van der Waals surface area contributed by atoms with Gasteiger partial charge in [-0.15, -0.1) is 5.10 Å². The van der Waals surface area contributed by atoms with Crippen LogP contribution in [0.3, 0.4) is 0 Å². The summed E-state index contributed by atoms with van der Waals surface area (Å²) in [6.07, 6.45) is 6.89. The van der Waals surface area contributed by atoms with E-state index < -0.39 is 0 Å². The summed E-state index contributed by atoms with van der Waals surface area (Å²) in [5.41, 5.74) is 2.39. The predicted octanol–water partition coefficient (Wildman–Crippen LogP) is 4.53. The first-order valence-electron chi connectivity index (χ1n) is 8.10. The maximum Gasteiger partial charge on any atom is 0.119 e. The molecule has 0 N–H and O–H groups in total. The highest BCUT2D eigenvalue weighted by Crippen LogP contribution is 2.17. The largest absolute Gasteiger partial charge is 0.489 e. The van der Waals surface area contributed by atoms with Crippen molar-refractivity contribution in [1.82, 2.24) is 15.0 Å². The summed E-state index contributed by atoms with van der Waals surface area (Å²) in [7, 11) is 0. The second-order valence-electron chi connectivity index (χ2n) is 5.69. The van der Waals surface area contributed by atoms with Crippen LogP contribution in [0, 0.1) is 0 Å². The molecule has 3 aromatic rings. The maximum absolute atomic E-state index is 5.98. The van der Waals surface area contributed by atoms with Gasteiger partial charge in [0.1, 0.15) is 12.4 Å². The van der Waals surface area contributed by atoms with E-state index in [1.165, 1.54) is 5.56 Å². The van der Waals surface area contributed by atoms with Gasteiger partial charge in [-0.1, -0.05) is 41.1 Å². The third-order valence-corrected chi connectivity index (χ3v) is 4.03. The van der Waals surface area contributed by atoms with Gasteiger partial charge in [0.05, 0.1) is 6.20 Å². The van der Waals surface area contributed by atoms with Crippen LogP contribution in [-0.4, -0.2) is 15.0 Å². The third-order valence-electron chi connectivity index (χ3n) is 3.79. The zero-order valence-corrected chi connectivity index (χ0v) is 14.2. The van der Waals surface area contributed by atoms with Crippen molar-refractivity contribution in [3.63, 3.8) is 0 Å². The lowest BCUT2D eigenvalue weighted by Gasteiger charge is -2.08. The van der Waals surface area contributed by atoms with E-state index in [2.05, 4.69) is 22.4 Å². The fourth-order valence-electron chi connectivity index (χ4n) is 2.50. The Labute approximate surface area is 147 Å². The summed E-state index contributed by atoms with van der Waals surface area (Å²) in [6.45, 7) is 1.44. The van der Waals surface area contributed by atoms with Crippen molar-refractivity contribution in [3.8, 4) is 5.75 Å². The number of hydrogen-bond acceptors (Lipinski definition) is 3. The van der Waals surface area contributed by atoms with Crippen LogP contribution < -0.4 is 4.74 Å². The van der Waals surface area contributed by atoms with Crippen LogP contribution in [-0.2, 0) is 19.6 Å². The number of aryl methyl sites for hydroxylation is 2. The van der Waals surface area contributed by atoms with Gasteiger partial charge in [-0.2, -0.15) is 0 Å². The molecule has 0 amide bonds. The number of halogens is 1. The lowest BCUT2D eigenvalue weighted by Crippen LogP contribution is -1.99. The first-order chi connectivity index (χ1) is 11.8. The van der Waals surface area contributed by atoms with Gasteiger partial charge in [-0.25, -0.2) is 0 Å². The summed E-state index contributed by atoms with van der Waals surface area (Å²) in [6, 6.07) is 16.0. The Balaban J connectivity index is 1.41. The van der Waals surface area contributed by atoms with E-state index in [1.807, 2.05) is 47.3 Å². The monoisotopic (exact) mass is 341 g/mol. The molecule has 0 spiro atoms. The van der Waals surface area contributed by atoms with E-state index in [1.54, 1.807) is 6.20 Å². The van der Waals surface area contributed by atoms with Gasteiger partial charge in [0.25, 0.3) is 0 Å². The normalized spacial score (nSPS) is 10.7. The molecule has 0 fully saturated rings. The first kappa shape index (κ1) is 16.5. The summed E-state index contributed by atoms with van der Waals surface area (Å²) < 4.78 is 7.67. The van der Waals surface area contributed by atoms with Crippen LogP contribution in [0.2, 0.25) is 5.02 Å². The van der Waals surface area contributed by atoms with Crippen LogP contribution in [0.1, 0.15) is 24.0 Å². The van der Waals surface area contributed by atoms with Crippen molar-refractivity contribution in [3.05, 3.63) is 77.1 Å². The zero-order chi connectivity index (χ0) is 16.6. The molecule has 5 heteroatoms. The number of nitrogens with zero attached hydrogens (tertiary/aromatic N) is 3. The fourth-order valence-corrected chi connectivity index (χ4v) is 2.71. The maximum atomic E-state index is 5.98. The summed E-state index contributed by atoms with van der Waals surface area (Å²) in [5, 5.41) is 8.50. The molecular formula is C19H20ClN3O. The minimum atomic E-state index is 0.526. The average Bonchev–Trinajstić information content (AvgIpc) is 3.11. The molecule has 0 aliphatic carbocycles. The van der Waals surface area contributed by atoms with Gasteiger partial charge in [-0.3, -0.25) is 4.68 Å². The Morgan fingerprint density at radius 3 is 2.62 bits per heavy atom. The number of unbranched alkanes of at least 4 members (excludes halogenated alkanes) is 1. The van der Waals surface area contributed by atoms with Crippen molar-refractivity contribution in [2.75, 3.05) is 0 Å². The van der Waals surface area contributed by atoms with Crippen LogP contribution >= 0.6 is 11.6 Å². The molecule has 4 nitrogen and oxygen atoms in total. The molecule has 0 saturated carbocycles. The SMILES string of the molecule is Clc1cccc(COc2ccc(CCCCn3ccnn3)cc2)c1. The topological polar surface area (TPSA) is 39.9 Å². The average molecular weight is 342 g/mol. The van der Waals surface area contributed by atoms with E-state index in [0.29, 0.717) is 6.61 Å². The Kier molecular flexibility index (Phi) is 5.85. The molecule has 2 aromatic carbocycles. The van der Waals surface area contributed by atoms with E-state index >= 15 is 0 Å². The molecule has 0 bridgehead atoms. The number of ether oxygens (including phenoxy) is 1. The molecular weight excluding hydrogens is 322 g/mol. The lowest BCUT2D eigenvalue weighted by molar-refractivity contribution is 0.306. The van der Waals surface area contributed by atoms with Gasteiger partial charge in [0.15, 0.2) is 0 Å². The second kappa shape index (κ2) is 8.50. The molecule has 0 saturated heterocycles. The van der Waals surface area contributed by atoms with Gasteiger partial charge in [0.2, 0.25) is 0 Å². The molecule has 124 valence electrons. The van der Waals surface area contributed by atoms with Crippen molar-refractivity contribution in [2.45, 2.75) is 32.4 Å². The zero-order valence-electron chi connectivity index (χ0n) is 13.4. The lowest BCUT2D eigenvalue weighted by atomic mass is 10.1. The fraction of sp³-hybridized carbons (Fsp3) is 0.263. The van der Waals surface area contributed by atoms with Crippen molar-refractivity contribution < 1.29 is 4.74 Å². The molecule has 1 heterocycles. The minimum Gasteiger partial charge on any atom is -0.489 e. The van der Waals surface area contributed by atoms with E-state index in [9.17, 15) is 0 Å². The molecule has 0 aliphatic heterocycles. The Bertz CT molecular complexity index is 742. The Morgan fingerprint density at radius 2 is 1.88 bits per heavy atom.